The largest absolute Gasteiger partial charge is 0.296 e. The van der Waals surface area contributed by atoms with E-state index in [1.54, 1.807) is 12.1 Å². The van der Waals surface area contributed by atoms with Gasteiger partial charge in [-0.1, -0.05) is 5.21 Å². The van der Waals surface area contributed by atoms with E-state index in [0.29, 0.717) is 17.3 Å². The van der Waals surface area contributed by atoms with Gasteiger partial charge in [0.15, 0.2) is 6.29 Å². The number of aldehydes is 1. The van der Waals surface area contributed by atoms with Crippen molar-refractivity contribution >= 4 is 6.29 Å². The van der Waals surface area contributed by atoms with Gasteiger partial charge in [0.05, 0.1) is 11.4 Å². The molecule has 0 saturated heterocycles. The predicted molar refractivity (Wildman–Crippen MR) is 58.7 cm³/mol. The topological polar surface area (TPSA) is 47.8 Å². The smallest absolute Gasteiger partial charge is 0.170 e. The summed E-state index contributed by atoms with van der Waals surface area (Å²) >= 11 is 0. The Hall–Kier alpha value is -2.04. The molecule has 1 aliphatic rings. The third kappa shape index (κ3) is 1.73. The second-order valence-electron chi connectivity index (χ2n) is 4.14. The number of nitrogens with zero attached hydrogens (tertiary/aromatic N) is 3. The molecule has 0 radical (unpaired) electrons. The zero-order valence-corrected chi connectivity index (χ0v) is 9.01. The maximum Gasteiger partial charge on any atom is 0.170 e. The number of hydrogen-bond acceptors (Lipinski definition) is 3. The van der Waals surface area contributed by atoms with E-state index in [0.717, 1.165) is 24.8 Å². The molecule has 1 fully saturated rings. The molecule has 0 amide bonds. The Bertz CT molecular complexity index is 558. The normalized spacial score (nSPS) is 14.9. The van der Waals surface area contributed by atoms with Crippen LogP contribution in [0, 0.1) is 5.82 Å². The van der Waals surface area contributed by atoms with Gasteiger partial charge in [0.25, 0.3) is 0 Å². The van der Waals surface area contributed by atoms with Crippen LogP contribution >= 0.6 is 0 Å². The fraction of sp³-hybridized carbons (Fsp3) is 0.250. The van der Waals surface area contributed by atoms with E-state index in [1.807, 2.05) is 0 Å². The predicted octanol–water partition coefficient (Wildman–Crippen LogP) is 2.10. The van der Waals surface area contributed by atoms with Crippen LogP contribution in [0.5, 0.6) is 0 Å². The van der Waals surface area contributed by atoms with Crippen LogP contribution in [0.15, 0.2) is 24.3 Å². The Morgan fingerprint density at radius 2 is 2.00 bits per heavy atom. The van der Waals surface area contributed by atoms with Crippen molar-refractivity contribution in [3.8, 4) is 5.69 Å². The maximum absolute atomic E-state index is 12.8. The van der Waals surface area contributed by atoms with Crippen LogP contribution in [0.3, 0.4) is 0 Å². The van der Waals surface area contributed by atoms with Gasteiger partial charge in [-0.15, -0.1) is 5.10 Å². The molecule has 0 atom stereocenters. The maximum atomic E-state index is 12.8. The molecule has 1 aliphatic carbocycles. The summed E-state index contributed by atoms with van der Waals surface area (Å²) in [6.07, 6.45) is 2.88. The van der Waals surface area contributed by atoms with Crippen LogP contribution in [0.1, 0.15) is 34.9 Å². The lowest BCUT2D eigenvalue weighted by Crippen LogP contribution is -2.02. The average Bonchev–Trinajstić information content (AvgIpc) is 3.10. The van der Waals surface area contributed by atoms with Gasteiger partial charge in [0.1, 0.15) is 11.5 Å². The first-order valence-corrected chi connectivity index (χ1v) is 5.46. The van der Waals surface area contributed by atoms with Crippen molar-refractivity contribution in [2.45, 2.75) is 18.8 Å². The van der Waals surface area contributed by atoms with Crippen molar-refractivity contribution in [3.05, 3.63) is 41.5 Å². The number of carbonyl (C=O) groups excluding carboxylic acids is 1. The van der Waals surface area contributed by atoms with E-state index in [-0.39, 0.29) is 5.82 Å². The Morgan fingerprint density at radius 1 is 1.29 bits per heavy atom. The molecule has 0 unspecified atom stereocenters. The molecule has 1 aromatic heterocycles. The monoisotopic (exact) mass is 231 g/mol. The van der Waals surface area contributed by atoms with Gasteiger partial charge in [-0.3, -0.25) is 4.79 Å². The van der Waals surface area contributed by atoms with E-state index < -0.39 is 0 Å². The van der Waals surface area contributed by atoms with E-state index in [9.17, 15) is 9.18 Å². The summed E-state index contributed by atoms with van der Waals surface area (Å²) in [7, 11) is 0. The van der Waals surface area contributed by atoms with Gasteiger partial charge in [0, 0.05) is 5.92 Å². The molecule has 0 N–H and O–H groups in total. The Balaban J connectivity index is 2.07. The number of aromatic nitrogens is 3. The molecule has 17 heavy (non-hydrogen) atoms. The third-order valence-corrected chi connectivity index (χ3v) is 2.88. The molecule has 0 bridgehead atoms. The minimum atomic E-state index is -0.316. The summed E-state index contributed by atoms with van der Waals surface area (Å²) in [5.74, 6) is 0.0494. The highest BCUT2D eigenvalue weighted by Crippen LogP contribution is 2.40. The first-order valence-electron chi connectivity index (χ1n) is 5.46. The molecule has 0 aliphatic heterocycles. The van der Waals surface area contributed by atoms with Crippen LogP contribution in [-0.2, 0) is 0 Å². The van der Waals surface area contributed by atoms with Crippen molar-refractivity contribution in [2.75, 3.05) is 0 Å². The first kappa shape index (κ1) is 10.1. The number of hydrogen-bond donors (Lipinski definition) is 0. The Morgan fingerprint density at radius 3 is 2.59 bits per heavy atom. The lowest BCUT2D eigenvalue weighted by atomic mass is 10.2. The van der Waals surface area contributed by atoms with Crippen molar-refractivity contribution in [1.29, 1.82) is 0 Å². The van der Waals surface area contributed by atoms with E-state index in [4.69, 9.17) is 0 Å². The lowest BCUT2D eigenvalue weighted by molar-refractivity contribution is 0.111. The molecular formula is C12H10FN3O. The molecule has 1 aromatic carbocycles. The van der Waals surface area contributed by atoms with E-state index in [2.05, 4.69) is 10.3 Å². The lowest BCUT2D eigenvalue weighted by Gasteiger charge is -2.02. The summed E-state index contributed by atoms with van der Waals surface area (Å²) in [6.45, 7) is 0. The molecule has 1 saturated carbocycles. The fourth-order valence-corrected chi connectivity index (χ4v) is 1.83. The van der Waals surface area contributed by atoms with Gasteiger partial charge in [-0.25, -0.2) is 9.07 Å². The number of rotatable bonds is 3. The highest BCUT2D eigenvalue weighted by atomic mass is 19.1. The van der Waals surface area contributed by atoms with Crippen molar-refractivity contribution in [3.63, 3.8) is 0 Å². The standard InChI is InChI=1S/C12H10FN3O/c13-9-3-5-10(6-4-9)16-11(7-17)12(14-15-16)8-1-2-8/h3-8H,1-2H2. The molecule has 1 heterocycles. The fourth-order valence-electron chi connectivity index (χ4n) is 1.83. The number of carbonyl (C=O) groups is 1. The number of halogens is 1. The molecular weight excluding hydrogens is 221 g/mol. The van der Waals surface area contributed by atoms with E-state index >= 15 is 0 Å². The number of benzene rings is 1. The van der Waals surface area contributed by atoms with Crippen LogP contribution in [-0.4, -0.2) is 21.3 Å². The minimum Gasteiger partial charge on any atom is -0.296 e. The molecule has 4 nitrogen and oxygen atoms in total. The van der Waals surface area contributed by atoms with Crippen molar-refractivity contribution in [2.24, 2.45) is 0 Å². The van der Waals surface area contributed by atoms with Crippen LogP contribution in [0.4, 0.5) is 4.39 Å². The van der Waals surface area contributed by atoms with Gasteiger partial charge in [-0.05, 0) is 37.1 Å². The second-order valence-corrected chi connectivity index (χ2v) is 4.14. The van der Waals surface area contributed by atoms with Gasteiger partial charge in [-0.2, -0.15) is 0 Å². The Labute approximate surface area is 97.1 Å². The summed E-state index contributed by atoms with van der Waals surface area (Å²) in [5, 5.41) is 8.00. The van der Waals surface area contributed by atoms with Crippen molar-refractivity contribution in [1.82, 2.24) is 15.0 Å². The molecule has 5 heteroatoms. The molecule has 3 rings (SSSR count). The zero-order chi connectivity index (χ0) is 11.8. The quantitative estimate of drug-likeness (QED) is 0.760. The minimum absolute atomic E-state index is 0.316. The zero-order valence-electron chi connectivity index (χ0n) is 9.01. The summed E-state index contributed by atoms with van der Waals surface area (Å²) < 4.78 is 14.3. The highest BCUT2D eigenvalue weighted by molar-refractivity contribution is 5.75. The van der Waals surface area contributed by atoms with Gasteiger partial charge >= 0.3 is 0 Å². The molecule has 2 aromatic rings. The van der Waals surface area contributed by atoms with Crippen LogP contribution in [0.25, 0.3) is 5.69 Å². The van der Waals surface area contributed by atoms with Crippen molar-refractivity contribution < 1.29 is 9.18 Å². The van der Waals surface area contributed by atoms with Crippen LogP contribution < -0.4 is 0 Å². The van der Waals surface area contributed by atoms with Gasteiger partial charge in [0.2, 0.25) is 0 Å². The first-order chi connectivity index (χ1) is 8.29. The summed E-state index contributed by atoms with van der Waals surface area (Å²) in [5.41, 5.74) is 1.87. The average molecular weight is 231 g/mol. The SMILES string of the molecule is O=Cc1c(C2CC2)nnn1-c1ccc(F)cc1. The highest BCUT2D eigenvalue weighted by Gasteiger charge is 2.30. The second kappa shape index (κ2) is 3.76. The summed E-state index contributed by atoms with van der Waals surface area (Å²) in [4.78, 5) is 11.1. The van der Waals surface area contributed by atoms with E-state index in [1.165, 1.54) is 16.8 Å². The van der Waals surface area contributed by atoms with Crippen LogP contribution in [0.2, 0.25) is 0 Å². The van der Waals surface area contributed by atoms with Gasteiger partial charge < -0.3 is 0 Å². The Kier molecular flexibility index (Phi) is 2.24. The molecule has 0 spiro atoms. The third-order valence-electron chi connectivity index (χ3n) is 2.88. The summed E-state index contributed by atoms with van der Waals surface area (Å²) in [6, 6.07) is 5.83. The molecule has 86 valence electrons.